The molecule has 0 aromatic heterocycles. The van der Waals surface area contributed by atoms with Gasteiger partial charge in [-0.3, -0.25) is 0 Å². The molecule has 0 radical (unpaired) electrons. The molecule has 0 saturated carbocycles. The predicted molar refractivity (Wildman–Crippen MR) is 56.4 cm³/mol. The minimum atomic E-state index is 0.462. The van der Waals surface area contributed by atoms with Gasteiger partial charge in [0.2, 0.25) is 0 Å². The van der Waals surface area contributed by atoms with Gasteiger partial charge in [-0.2, -0.15) is 0 Å². The second-order valence-corrected chi connectivity index (χ2v) is 5.30. The summed E-state index contributed by atoms with van der Waals surface area (Å²) >= 11 is 0. The van der Waals surface area contributed by atoms with Crippen molar-refractivity contribution in [2.75, 3.05) is 6.54 Å². The van der Waals surface area contributed by atoms with Crippen LogP contribution in [0.5, 0.6) is 0 Å². The van der Waals surface area contributed by atoms with Gasteiger partial charge in [0.1, 0.15) is 0 Å². The molecular weight excluding hydrogens is 146 g/mol. The van der Waals surface area contributed by atoms with Gasteiger partial charge in [0.05, 0.1) is 0 Å². The molecule has 0 aliphatic carbocycles. The molecule has 12 heavy (non-hydrogen) atoms. The second-order valence-electron chi connectivity index (χ2n) is 5.30. The van der Waals surface area contributed by atoms with Gasteiger partial charge >= 0.3 is 0 Å². The second kappa shape index (κ2) is 4.86. The molecule has 1 heteroatoms. The van der Waals surface area contributed by atoms with Crippen LogP contribution < -0.4 is 5.32 Å². The lowest BCUT2D eigenvalue weighted by Crippen LogP contribution is -2.33. The zero-order chi connectivity index (χ0) is 9.78. The van der Waals surface area contributed by atoms with E-state index in [4.69, 9.17) is 0 Å². The molecule has 74 valence electrons. The first-order valence-corrected chi connectivity index (χ1v) is 5.06. The Morgan fingerprint density at radius 2 is 1.58 bits per heavy atom. The largest absolute Gasteiger partial charge is 0.314 e. The normalized spacial score (nSPS) is 15.2. The molecular formula is C11H25N. The van der Waals surface area contributed by atoms with Crippen molar-refractivity contribution in [2.24, 2.45) is 11.3 Å². The fourth-order valence-corrected chi connectivity index (χ4v) is 0.911. The molecule has 1 atom stereocenters. The van der Waals surface area contributed by atoms with Crippen LogP contribution >= 0.6 is 0 Å². The van der Waals surface area contributed by atoms with Crippen molar-refractivity contribution < 1.29 is 0 Å². The first-order chi connectivity index (χ1) is 5.33. The number of hydrogen-bond donors (Lipinski definition) is 1. The van der Waals surface area contributed by atoms with E-state index in [1.807, 2.05) is 0 Å². The van der Waals surface area contributed by atoms with Crippen LogP contribution in [0, 0.1) is 11.3 Å². The average molecular weight is 171 g/mol. The summed E-state index contributed by atoms with van der Waals surface area (Å²) in [6, 6.07) is 0.646. The van der Waals surface area contributed by atoms with Gasteiger partial charge < -0.3 is 5.32 Å². The van der Waals surface area contributed by atoms with Crippen LogP contribution in [0.3, 0.4) is 0 Å². The molecule has 0 aliphatic rings. The molecule has 0 bridgehead atoms. The molecule has 0 saturated heterocycles. The van der Waals surface area contributed by atoms with Gasteiger partial charge in [-0.15, -0.1) is 0 Å². The number of rotatable bonds is 4. The highest BCUT2D eigenvalue weighted by molar-refractivity contribution is 4.68. The van der Waals surface area contributed by atoms with E-state index in [9.17, 15) is 0 Å². The summed E-state index contributed by atoms with van der Waals surface area (Å²) in [6.07, 6.45) is 1.25. The highest BCUT2D eigenvalue weighted by Crippen LogP contribution is 2.17. The zero-order valence-electron chi connectivity index (χ0n) is 9.57. The Balaban J connectivity index is 3.44. The van der Waals surface area contributed by atoms with Crippen molar-refractivity contribution in [2.45, 2.75) is 54.0 Å². The lowest BCUT2D eigenvalue weighted by atomic mass is 9.92. The molecule has 0 aliphatic heterocycles. The third-order valence-electron chi connectivity index (χ3n) is 2.34. The van der Waals surface area contributed by atoms with Crippen LogP contribution in [-0.4, -0.2) is 12.6 Å². The summed E-state index contributed by atoms with van der Waals surface area (Å²) in [5.74, 6) is 0.741. The summed E-state index contributed by atoms with van der Waals surface area (Å²) in [6.45, 7) is 14.8. The van der Waals surface area contributed by atoms with Gasteiger partial charge in [-0.25, -0.2) is 0 Å². The first-order valence-electron chi connectivity index (χ1n) is 5.06. The minimum absolute atomic E-state index is 0.462. The molecule has 0 rings (SSSR count). The van der Waals surface area contributed by atoms with Gasteiger partial charge in [0, 0.05) is 6.04 Å². The van der Waals surface area contributed by atoms with Crippen LogP contribution in [0.4, 0.5) is 0 Å². The minimum Gasteiger partial charge on any atom is -0.314 e. The fraction of sp³-hybridized carbons (Fsp3) is 1.00. The SMILES string of the molecule is CC(C)C(C)NCCC(C)(C)C. The average Bonchev–Trinajstić information content (AvgIpc) is 1.84. The summed E-state index contributed by atoms with van der Waals surface area (Å²) in [4.78, 5) is 0. The molecule has 0 aromatic rings. The Labute approximate surface area is 77.9 Å². The fourth-order valence-electron chi connectivity index (χ4n) is 0.911. The van der Waals surface area contributed by atoms with Gasteiger partial charge in [0.25, 0.3) is 0 Å². The Kier molecular flexibility index (Phi) is 4.84. The Hall–Kier alpha value is -0.0400. The number of hydrogen-bond acceptors (Lipinski definition) is 1. The van der Waals surface area contributed by atoms with Crippen molar-refractivity contribution in [1.29, 1.82) is 0 Å². The summed E-state index contributed by atoms with van der Waals surface area (Å²) in [5.41, 5.74) is 0.462. The van der Waals surface area contributed by atoms with E-state index >= 15 is 0 Å². The van der Waals surface area contributed by atoms with Gasteiger partial charge in [-0.05, 0) is 31.2 Å². The molecule has 1 N–H and O–H groups in total. The maximum absolute atomic E-state index is 3.54. The van der Waals surface area contributed by atoms with E-state index in [2.05, 4.69) is 46.9 Å². The van der Waals surface area contributed by atoms with Crippen LogP contribution in [0.25, 0.3) is 0 Å². The van der Waals surface area contributed by atoms with Crippen molar-refractivity contribution in [3.05, 3.63) is 0 Å². The highest BCUT2D eigenvalue weighted by Gasteiger charge is 2.11. The van der Waals surface area contributed by atoms with Gasteiger partial charge in [0.15, 0.2) is 0 Å². The summed E-state index contributed by atoms with van der Waals surface area (Å²) < 4.78 is 0. The third-order valence-corrected chi connectivity index (χ3v) is 2.34. The van der Waals surface area contributed by atoms with Crippen LogP contribution in [0.2, 0.25) is 0 Å². The highest BCUT2D eigenvalue weighted by atomic mass is 14.9. The summed E-state index contributed by atoms with van der Waals surface area (Å²) in [7, 11) is 0. The lowest BCUT2D eigenvalue weighted by molar-refractivity contribution is 0.338. The maximum Gasteiger partial charge on any atom is 0.00617 e. The number of nitrogens with one attached hydrogen (secondary N) is 1. The third kappa shape index (κ3) is 6.66. The molecule has 0 fully saturated rings. The van der Waals surface area contributed by atoms with Crippen molar-refractivity contribution in [3.63, 3.8) is 0 Å². The van der Waals surface area contributed by atoms with E-state index in [0.29, 0.717) is 11.5 Å². The van der Waals surface area contributed by atoms with Crippen LogP contribution in [0.1, 0.15) is 48.0 Å². The topological polar surface area (TPSA) is 12.0 Å². The molecule has 1 nitrogen and oxygen atoms in total. The predicted octanol–water partition coefficient (Wildman–Crippen LogP) is 3.06. The van der Waals surface area contributed by atoms with Crippen molar-refractivity contribution >= 4 is 0 Å². The zero-order valence-corrected chi connectivity index (χ0v) is 9.57. The molecule has 0 heterocycles. The quantitative estimate of drug-likeness (QED) is 0.685. The maximum atomic E-state index is 3.54. The van der Waals surface area contributed by atoms with Crippen molar-refractivity contribution in [1.82, 2.24) is 5.32 Å². The van der Waals surface area contributed by atoms with Crippen LogP contribution in [0.15, 0.2) is 0 Å². The van der Waals surface area contributed by atoms with Gasteiger partial charge in [-0.1, -0.05) is 34.6 Å². The molecule has 1 unspecified atom stereocenters. The van der Waals surface area contributed by atoms with E-state index in [-0.39, 0.29) is 0 Å². The van der Waals surface area contributed by atoms with Crippen molar-refractivity contribution in [3.8, 4) is 0 Å². The standard InChI is InChI=1S/C11H25N/c1-9(2)10(3)12-8-7-11(4,5)6/h9-10,12H,7-8H2,1-6H3. The van der Waals surface area contributed by atoms with E-state index in [0.717, 1.165) is 12.5 Å². The molecule has 0 aromatic carbocycles. The van der Waals surface area contributed by atoms with E-state index in [1.54, 1.807) is 0 Å². The first kappa shape index (κ1) is 12.0. The smallest absolute Gasteiger partial charge is 0.00617 e. The van der Waals surface area contributed by atoms with E-state index in [1.165, 1.54) is 6.42 Å². The van der Waals surface area contributed by atoms with Crippen LogP contribution in [-0.2, 0) is 0 Å². The summed E-state index contributed by atoms with van der Waals surface area (Å²) in [5, 5.41) is 3.54. The Bertz CT molecular complexity index is 111. The Morgan fingerprint density at radius 1 is 1.08 bits per heavy atom. The monoisotopic (exact) mass is 171 g/mol. The lowest BCUT2D eigenvalue weighted by Gasteiger charge is -2.22. The molecule has 0 amide bonds. The molecule has 0 spiro atoms. The van der Waals surface area contributed by atoms with E-state index < -0.39 is 0 Å². The Morgan fingerprint density at radius 3 is 1.92 bits per heavy atom.